The molecule has 2 rings (SSSR count). The average molecular weight is 386 g/mol. The van der Waals surface area contributed by atoms with Gasteiger partial charge in [-0.3, -0.25) is 0 Å². The molecule has 152 valence electrons. The number of rotatable bonds is 14. The van der Waals surface area contributed by atoms with Gasteiger partial charge >= 0.3 is 0 Å². The summed E-state index contributed by atoms with van der Waals surface area (Å²) in [7, 11) is 3.30. The van der Waals surface area contributed by atoms with Crippen LogP contribution in [0, 0.1) is 0 Å². The van der Waals surface area contributed by atoms with E-state index in [1.54, 1.807) is 20.3 Å². The van der Waals surface area contributed by atoms with Gasteiger partial charge in [-0.25, -0.2) is 0 Å². The highest BCUT2D eigenvalue weighted by Gasteiger charge is 2.05. The zero-order valence-corrected chi connectivity index (χ0v) is 16.9. The predicted octanol–water partition coefficient (Wildman–Crippen LogP) is 4.01. The van der Waals surface area contributed by atoms with Crippen molar-refractivity contribution in [2.24, 2.45) is 0 Å². The number of nitrogens with one attached hydrogen (secondary N) is 1. The maximum Gasteiger partial charge on any atom is 0.160 e. The van der Waals surface area contributed by atoms with Crippen LogP contribution in [-0.2, 0) is 17.8 Å². The highest BCUT2D eigenvalue weighted by Crippen LogP contribution is 2.27. The van der Waals surface area contributed by atoms with E-state index in [9.17, 15) is 0 Å². The summed E-state index contributed by atoms with van der Waals surface area (Å²) >= 11 is 0. The zero-order chi connectivity index (χ0) is 20.0. The third-order valence-electron chi connectivity index (χ3n) is 4.26. The molecule has 0 aliphatic rings. The lowest BCUT2D eigenvalue weighted by Crippen LogP contribution is -2.20. The molecule has 0 bridgehead atoms. The molecule has 0 heterocycles. The van der Waals surface area contributed by atoms with Crippen molar-refractivity contribution in [3.63, 3.8) is 0 Å². The molecule has 2 aromatic rings. The van der Waals surface area contributed by atoms with Gasteiger partial charge in [-0.1, -0.05) is 30.3 Å². The van der Waals surface area contributed by atoms with Gasteiger partial charge in [0.25, 0.3) is 0 Å². The third kappa shape index (κ3) is 7.25. The monoisotopic (exact) mass is 385 g/mol. The van der Waals surface area contributed by atoms with Crippen molar-refractivity contribution in [2.45, 2.75) is 19.4 Å². The van der Waals surface area contributed by atoms with E-state index in [0.29, 0.717) is 19.8 Å². The quantitative estimate of drug-likeness (QED) is 0.393. The number of ether oxygens (including phenoxy) is 4. The van der Waals surface area contributed by atoms with Crippen molar-refractivity contribution in [1.29, 1.82) is 0 Å². The van der Waals surface area contributed by atoms with Crippen LogP contribution < -0.4 is 19.5 Å². The van der Waals surface area contributed by atoms with Gasteiger partial charge in [-0.15, -0.1) is 6.58 Å². The minimum absolute atomic E-state index is 0.533. The van der Waals surface area contributed by atoms with E-state index in [0.717, 1.165) is 48.7 Å². The van der Waals surface area contributed by atoms with E-state index in [2.05, 4.69) is 18.0 Å². The second-order valence-electron chi connectivity index (χ2n) is 6.30. The van der Waals surface area contributed by atoms with E-state index in [1.807, 2.05) is 36.4 Å². The molecule has 0 saturated carbocycles. The molecule has 0 aromatic heterocycles. The number of hydrogen-bond acceptors (Lipinski definition) is 5. The normalized spacial score (nSPS) is 10.5. The number of methoxy groups -OCH3 is 2. The number of benzene rings is 2. The van der Waals surface area contributed by atoms with E-state index in [4.69, 9.17) is 18.9 Å². The molecule has 0 aliphatic carbocycles. The van der Waals surface area contributed by atoms with Crippen LogP contribution in [0.1, 0.15) is 17.5 Å². The minimum atomic E-state index is 0.533. The van der Waals surface area contributed by atoms with Crippen molar-refractivity contribution in [2.75, 3.05) is 40.5 Å². The maximum atomic E-state index is 5.91. The predicted molar refractivity (Wildman–Crippen MR) is 113 cm³/mol. The Hall–Kier alpha value is -2.50. The van der Waals surface area contributed by atoms with Crippen LogP contribution in [0.5, 0.6) is 17.2 Å². The Morgan fingerprint density at radius 3 is 2.57 bits per heavy atom. The second-order valence-corrected chi connectivity index (χ2v) is 6.30. The second kappa shape index (κ2) is 12.8. The van der Waals surface area contributed by atoms with E-state index in [1.165, 1.54) is 5.56 Å². The zero-order valence-electron chi connectivity index (χ0n) is 16.9. The molecule has 0 saturated heterocycles. The molecule has 0 fully saturated rings. The molecule has 0 radical (unpaired) electrons. The van der Waals surface area contributed by atoms with Crippen molar-refractivity contribution in [1.82, 2.24) is 5.32 Å². The Bertz CT molecular complexity index is 717. The fraction of sp³-hybridized carbons (Fsp3) is 0.391. The molecular weight excluding hydrogens is 354 g/mol. The summed E-state index contributed by atoms with van der Waals surface area (Å²) in [6.07, 6.45) is 3.62. The van der Waals surface area contributed by atoms with Crippen LogP contribution in [0.4, 0.5) is 0 Å². The largest absolute Gasteiger partial charge is 0.493 e. The summed E-state index contributed by atoms with van der Waals surface area (Å²) in [5.41, 5.74) is 2.28. The first-order valence-corrected chi connectivity index (χ1v) is 9.59. The lowest BCUT2D eigenvalue weighted by atomic mass is 10.1. The summed E-state index contributed by atoms with van der Waals surface area (Å²) in [6, 6.07) is 14.0. The lowest BCUT2D eigenvalue weighted by Gasteiger charge is -2.12. The van der Waals surface area contributed by atoms with Gasteiger partial charge in [0.1, 0.15) is 5.75 Å². The minimum Gasteiger partial charge on any atom is -0.493 e. The van der Waals surface area contributed by atoms with Gasteiger partial charge in [0.2, 0.25) is 0 Å². The Labute approximate surface area is 168 Å². The topological polar surface area (TPSA) is 49.0 Å². The molecule has 5 nitrogen and oxygen atoms in total. The van der Waals surface area contributed by atoms with E-state index in [-0.39, 0.29) is 0 Å². The summed E-state index contributed by atoms with van der Waals surface area (Å²) in [4.78, 5) is 0. The van der Waals surface area contributed by atoms with E-state index >= 15 is 0 Å². The lowest BCUT2D eigenvalue weighted by molar-refractivity contribution is 0.145. The van der Waals surface area contributed by atoms with Crippen LogP contribution in [0.15, 0.2) is 55.1 Å². The first-order valence-electron chi connectivity index (χ1n) is 9.59. The van der Waals surface area contributed by atoms with Gasteiger partial charge in [-0.2, -0.15) is 0 Å². The van der Waals surface area contributed by atoms with Crippen LogP contribution in [-0.4, -0.2) is 40.5 Å². The molecule has 0 unspecified atom stereocenters. The van der Waals surface area contributed by atoms with Gasteiger partial charge in [0.05, 0.1) is 34.0 Å². The summed E-state index contributed by atoms with van der Waals surface area (Å²) < 4.78 is 22.0. The maximum absolute atomic E-state index is 5.91. The molecule has 0 aliphatic heterocycles. The van der Waals surface area contributed by atoms with Gasteiger partial charge in [-0.05, 0) is 49.7 Å². The highest BCUT2D eigenvalue weighted by molar-refractivity contribution is 5.42. The molecule has 0 atom stereocenters. The third-order valence-corrected chi connectivity index (χ3v) is 4.26. The number of para-hydroxylation sites is 1. The standard InChI is InChI=1S/C23H31NO4/c1-4-15-27-18-20-8-5-6-9-21(20)28-16-7-13-24-14-12-19-10-11-22(25-2)23(17-19)26-3/h4-6,8-11,17,24H,1,7,12-16,18H2,2-3H3. The summed E-state index contributed by atoms with van der Waals surface area (Å²) in [6.45, 7) is 7.21. The van der Waals surface area contributed by atoms with Crippen LogP contribution >= 0.6 is 0 Å². The SMILES string of the molecule is C=CCOCc1ccccc1OCCCNCCc1ccc(OC)c(OC)c1. The highest BCUT2D eigenvalue weighted by atomic mass is 16.5. The summed E-state index contributed by atoms with van der Waals surface area (Å²) in [5.74, 6) is 2.41. The first-order chi connectivity index (χ1) is 13.8. The fourth-order valence-corrected chi connectivity index (χ4v) is 2.79. The Balaban J connectivity index is 1.64. The molecule has 0 spiro atoms. The Morgan fingerprint density at radius 2 is 1.79 bits per heavy atom. The molecule has 5 heteroatoms. The smallest absolute Gasteiger partial charge is 0.160 e. The van der Waals surface area contributed by atoms with Gasteiger partial charge in [0.15, 0.2) is 11.5 Å². The van der Waals surface area contributed by atoms with Crippen molar-refractivity contribution in [3.05, 3.63) is 66.2 Å². The molecule has 1 N–H and O–H groups in total. The van der Waals surface area contributed by atoms with Gasteiger partial charge in [0, 0.05) is 5.56 Å². The first kappa shape index (κ1) is 21.8. The van der Waals surface area contributed by atoms with Crippen LogP contribution in [0.3, 0.4) is 0 Å². The summed E-state index contributed by atoms with van der Waals surface area (Å²) in [5, 5.41) is 3.45. The van der Waals surface area contributed by atoms with Crippen LogP contribution in [0.2, 0.25) is 0 Å². The van der Waals surface area contributed by atoms with Crippen LogP contribution in [0.25, 0.3) is 0 Å². The van der Waals surface area contributed by atoms with Crippen molar-refractivity contribution >= 4 is 0 Å². The van der Waals surface area contributed by atoms with Crippen molar-refractivity contribution < 1.29 is 18.9 Å². The molecule has 0 amide bonds. The van der Waals surface area contributed by atoms with Gasteiger partial charge < -0.3 is 24.3 Å². The molecule has 2 aromatic carbocycles. The van der Waals surface area contributed by atoms with Crippen molar-refractivity contribution in [3.8, 4) is 17.2 Å². The number of hydrogen-bond donors (Lipinski definition) is 1. The fourth-order valence-electron chi connectivity index (χ4n) is 2.79. The molecule has 28 heavy (non-hydrogen) atoms. The van der Waals surface area contributed by atoms with E-state index < -0.39 is 0 Å². The molecular formula is C23H31NO4. The Morgan fingerprint density at radius 1 is 0.964 bits per heavy atom. The average Bonchev–Trinajstić information content (AvgIpc) is 2.74. The Kier molecular flexibility index (Phi) is 9.97.